The minimum Gasteiger partial charge on any atom is -0.366 e. The summed E-state index contributed by atoms with van der Waals surface area (Å²) >= 11 is 0. The van der Waals surface area contributed by atoms with Gasteiger partial charge in [-0.15, -0.1) is 0 Å². The van der Waals surface area contributed by atoms with Crippen molar-refractivity contribution < 1.29 is 9.59 Å². The van der Waals surface area contributed by atoms with Gasteiger partial charge in [-0.3, -0.25) is 9.59 Å². The number of rotatable bonds is 6. The van der Waals surface area contributed by atoms with Gasteiger partial charge in [0.2, 0.25) is 11.8 Å². The molecule has 0 radical (unpaired) electrons. The van der Waals surface area contributed by atoms with Crippen molar-refractivity contribution in [1.82, 2.24) is 5.32 Å². The van der Waals surface area contributed by atoms with Gasteiger partial charge in [-0.05, 0) is 99.8 Å². The summed E-state index contributed by atoms with van der Waals surface area (Å²) in [6.45, 7) is 4.21. The van der Waals surface area contributed by atoms with Crippen LogP contribution in [0.15, 0.2) is 24.3 Å². The quantitative estimate of drug-likeness (QED) is 0.719. The van der Waals surface area contributed by atoms with Crippen LogP contribution in [0, 0.1) is 23.2 Å². The Morgan fingerprint density at radius 2 is 1.52 bits per heavy atom. The van der Waals surface area contributed by atoms with Crippen LogP contribution in [-0.2, 0) is 4.79 Å². The predicted molar refractivity (Wildman–Crippen MR) is 106 cm³/mol. The number of carbonyl (C=O) groups is 2. The minimum atomic E-state index is -0.465. The summed E-state index contributed by atoms with van der Waals surface area (Å²) in [4.78, 5) is 23.8. The normalized spacial score (nSPS) is 33.5. The van der Waals surface area contributed by atoms with Gasteiger partial charge in [-0.1, -0.05) is 0 Å². The third-order valence-electron chi connectivity index (χ3n) is 7.33. The van der Waals surface area contributed by atoms with E-state index in [-0.39, 0.29) is 11.9 Å². The minimum absolute atomic E-state index is 0.0431. The maximum Gasteiger partial charge on any atom is 0.248 e. The Morgan fingerprint density at radius 3 is 2.00 bits per heavy atom. The predicted octanol–water partition coefficient (Wildman–Crippen LogP) is 3.31. The maximum absolute atomic E-state index is 12.6. The fraction of sp³-hybridized carbons (Fsp3) is 0.636. The van der Waals surface area contributed by atoms with Gasteiger partial charge in [-0.2, -0.15) is 0 Å². The van der Waals surface area contributed by atoms with Crippen LogP contribution in [0.25, 0.3) is 0 Å². The monoisotopic (exact) mass is 369 g/mol. The smallest absolute Gasteiger partial charge is 0.248 e. The summed E-state index contributed by atoms with van der Waals surface area (Å²) in [5.41, 5.74) is 6.76. The van der Waals surface area contributed by atoms with E-state index >= 15 is 0 Å². The number of hydrogen-bond acceptors (Lipinski definition) is 3. The number of anilines is 1. The number of carbonyl (C=O) groups excluding carboxylic acids is 2. The Hall–Kier alpha value is -1.88. The lowest BCUT2D eigenvalue weighted by atomic mass is 9.48. The summed E-state index contributed by atoms with van der Waals surface area (Å²) in [6.07, 6.45) is 8.29. The summed E-state index contributed by atoms with van der Waals surface area (Å²) in [7, 11) is 0. The molecular weight excluding hydrogens is 338 g/mol. The zero-order valence-corrected chi connectivity index (χ0v) is 16.3. The molecule has 4 saturated carbocycles. The molecule has 0 saturated heterocycles. The first-order valence-electron chi connectivity index (χ1n) is 10.3. The molecule has 4 bridgehead atoms. The third-order valence-corrected chi connectivity index (χ3v) is 7.33. The molecule has 0 unspecified atom stereocenters. The van der Waals surface area contributed by atoms with E-state index in [9.17, 15) is 9.59 Å². The van der Waals surface area contributed by atoms with Gasteiger partial charge in [0.1, 0.15) is 0 Å². The second kappa shape index (κ2) is 6.93. The van der Waals surface area contributed by atoms with Gasteiger partial charge in [0.25, 0.3) is 0 Å². The summed E-state index contributed by atoms with van der Waals surface area (Å²) < 4.78 is 0. The molecule has 1 aromatic carbocycles. The molecule has 5 rings (SSSR count). The first-order chi connectivity index (χ1) is 12.8. The Balaban J connectivity index is 1.36. The van der Waals surface area contributed by atoms with Crippen molar-refractivity contribution >= 4 is 17.5 Å². The highest BCUT2D eigenvalue weighted by molar-refractivity contribution is 5.96. The lowest BCUT2D eigenvalue weighted by molar-refractivity contribution is -0.119. The second-order valence-corrected chi connectivity index (χ2v) is 9.32. The van der Waals surface area contributed by atoms with Crippen LogP contribution in [0.3, 0.4) is 0 Å². The highest BCUT2D eigenvalue weighted by atomic mass is 16.2. The standard InChI is InChI=1S/C22H31N3O2/c1-13(21(27)25-19-5-3-18(4-6-19)20(23)26)24-14(2)22-10-15-7-16(11-22)9-17(8-15)12-22/h3-6,13-17,24H,7-12H2,1-2H3,(H2,23,26)(H,25,27)/t13-,14+,15?,16?,17?,22?/m0/s1. The zero-order chi connectivity index (χ0) is 19.2. The van der Waals surface area contributed by atoms with Crippen LogP contribution in [0.5, 0.6) is 0 Å². The molecule has 5 nitrogen and oxygen atoms in total. The second-order valence-electron chi connectivity index (χ2n) is 9.32. The summed E-state index contributed by atoms with van der Waals surface area (Å²) in [5.74, 6) is 2.22. The van der Waals surface area contributed by atoms with Gasteiger partial charge in [0.05, 0.1) is 6.04 Å². The molecule has 2 amide bonds. The fourth-order valence-corrected chi connectivity index (χ4v) is 6.30. The van der Waals surface area contributed by atoms with Crippen molar-refractivity contribution in [3.63, 3.8) is 0 Å². The van der Waals surface area contributed by atoms with Crippen molar-refractivity contribution in [2.75, 3.05) is 5.32 Å². The molecule has 4 N–H and O–H groups in total. The van der Waals surface area contributed by atoms with E-state index in [4.69, 9.17) is 5.73 Å². The van der Waals surface area contributed by atoms with E-state index in [1.54, 1.807) is 24.3 Å². The topological polar surface area (TPSA) is 84.2 Å². The van der Waals surface area contributed by atoms with Crippen LogP contribution in [-0.4, -0.2) is 23.9 Å². The van der Waals surface area contributed by atoms with Gasteiger partial charge < -0.3 is 16.4 Å². The molecule has 2 atom stereocenters. The number of hydrogen-bond donors (Lipinski definition) is 3. The highest BCUT2D eigenvalue weighted by Gasteiger charge is 2.53. The molecule has 5 heteroatoms. The first kappa shape index (κ1) is 18.5. The van der Waals surface area contributed by atoms with Crippen LogP contribution in [0.1, 0.15) is 62.7 Å². The van der Waals surface area contributed by atoms with E-state index in [1.807, 2.05) is 6.92 Å². The molecule has 4 aliphatic rings. The molecule has 0 heterocycles. The van der Waals surface area contributed by atoms with Gasteiger partial charge in [0.15, 0.2) is 0 Å². The van der Waals surface area contributed by atoms with Crippen molar-refractivity contribution in [3.8, 4) is 0 Å². The number of benzene rings is 1. The molecule has 0 aromatic heterocycles. The molecule has 4 aliphatic carbocycles. The molecule has 0 spiro atoms. The lowest BCUT2D eigenvalue weighted by Crippen LogP contribution is -2.57. The summed E-state index contributed by atoms with van der Waals surface area (Å²) in [6, 6.07) is 6.79. The van der Waals surface area contributed by atoms with Crippen LogP contribution >= 0.6 is 0 Å². The Kier molecular flexibility index (Phi) is 4.75. The van der Waals surface area contributed by atoms with E-state index < -0.39 is 5.91 Å². The third kappa shape index (κ3) is 3.62. The zero-order valence-electron chi connectivity index (χ0n) is 16.3. The van der Waals surface area contributed by atoms with Crippen molar-refractivity contribution in [2.24, 2.45) is 28.9 Å². The van der Waals surface area contributed by atoms with E-state index in [0.717, 1.165) is 17.8 Å². The van der Waals surface area contributed by atoms with Crippen LogP contribution < -0.4 is 16.4 Å². The van der Waals surface area contributed by atoms with Crippen molar-refractivity contribution in [3.05, 3.63) is 29.8 Å². The van der Waals surface area contributed by atoms with Gasteiger partial charge >= 0.3 is 0 Å². The van der Waals surface area contributed by atoms with Crippen LogP contribution in [0.2, 0.25) is 0 Å². The lowest BCUT2D eigenvalue weighted by Gasteiger charge is -2.59. The van der Waals surface area contributed by atoms with Crippen LogP contribution in [0.4, 0.5) is 5.69 Å². The molecule has 1 aromatic rings. The molecule has 146 valence electrons. The van der Waals surface area contributed by atoms with E-state index in [2.05, 4.69) is 17.6 Å². The Labute approximate surface area is 161 Å². The molecule has 27 heavy (non-hydrogen) atoms. The van der Waals surface area contributed by atoms with Crippen molar-refractivity contribution in [1.29, 1.82) is 0 Å². The molecular formula is C22H31N3O2. The Morgan fingerprint density at radius 1 is 1.00 bits per heavy atom. The van der Waals surface area contributed by atoms with E-state index in [0.29, 0.717) is 22.7 Å². The van der Waals surface area contributed by atoms with Gasteiger partial charge in [-0.25, -0.2) is 0 Å². The number of primary amides is 1. The highest BCUT2D eigenvalue weighted by Crippen LogP contribution is 2.61. The average molecular weight is 370 g/mol. The van der Waals surface area contributed by atoms with Crippen molar-refractivity contribution in [2.45, 2.75) is 64.5 Å². The average Bonchev–Trinajstić information content (AvgIpc) is 2.60. The number of nitrogens with one attached hydrogen (secondary N) is 2. The molecule has 0 aliphatic heterocycles. The molecule has 4 fully saturated rings. The Bertz CT molecular complexity index is 692. The fourth-order valence-electron chi connectivity index (χ4n) is 6.30. The maximum atomic E-state index is 12.6. The summed E-state index contributed by atoms with van der Waals surface area (Å²) in [5, 5.41) is 6.53. The largest absolute Gasteiger partial charge is 0.366 e. The number of amides is 2. The first-order valence-corrected chi connectivity index (χ1v) is 10.3. The van der Waals surface area contributed by atoms with E-state index in [1.165, 1.54) is 38.5 Å². The SMILES string of the molecule is C[C@H](N[C@H](C)C12CC3CC(CC(C3)C1)C2)C(=O)Nc1ccc(C(N)=O)cc1. The van der Waals surface area contributed by atoms with Gasteiger partial charge in [0, 0.05) is 17.3 Å². The number of nitrogens with two attached hydrogens (primary N) is 1.